The molecule has 2 rings (SSSR count). The molecular weight excluding hydrogens is 252 g/mol. The lowest BCUT2D eigenvalue weighted by molar-refractivity contribution is 0.0636. The monoisotopic (exact) mass is 274 g/mol. The van der Waals surface area contributed by atoms with Crippen LogP contribution in [-0.2, 0) is 0 Å². The number of benzene rings is 1. The predicted molar refractivity (Wildman–Crippen MR) is 82.3 cm³/mol. The third-order valence-electron chi connectivity index (χ3n) is 3.40. The van der Waals surface area contributed by atoms with Crippen molar-refractivity contribution in [2.75, 3.05) is 19.0 Å². The van der Waals surface area contributed by atoms with Gasteiger partial charge in [-0.3, -0.25) is 0 Å². The van der Waals surface area contributed by atoms with E-state index in [1.54, 1.807) is 13.3 Å². The number of hydrogen-bond acceptors (Lipinski definition) is 4. The fourth-order valence-electron chi connectivity index (χ4n) is 2.32. The van der Waals surface area contributed by atoms with Crippen LogP contribution in [0.3, 0.4) is 0 Å². The molecule has 20 heavy (non-hydrogen) atoms. The molecule has 1 atom stereocenters. The Morgan fingerprint density at radius 2 is 2.15 bits per heavy atom. The van der Waals surface area contributed by atoms with E-state index in [1.807, 2.05) is 31.2 Å². The lowest BCUT2D eigenvalue weighted by atomic mass is 10.0. The molecular formula is C16H22N2O2. The van der Waals surface area contributed by atoms with Crippen molar-refractivity contribution in [2.45, 2.75) is 32.3 Å². The summed E-state index contributed by atoms with van der Waals surface area (Å²) >= 11 is 0. The second-order valence-corrected chi connectivity index (χ2v) is 5.35. The summed E-state index contributed by atoms with van der Waals surface area (Å²) in [6.07, 6.45) is 3.48. The minimum atomic E-state index is -0.725. The maximum absolute atomic E-state index is 10.2. The molecule has 1 aromatic carbocycles. The second-order valence-electron chi connectivity index (χ2n) is 5.35. The van der Waals surface area contributed by atoms with Gasteiger partial charge in [-0.2, -0.15) is 0 Å². The number of anilines is 1. The Hall–Kier alpha value is -1.81. The maximum Gasteiger partial charge on any atom is 0.134 e. The van der Waals surface area contributed by atoms with Crippen LogP contribution in [0.4, 0.5) is 5.82 Å². The van der Waals surface area contributed by atoms with Crippen LogP contribution in [0.1, 0.15) is 26.7 Å². The van der Waals surface area contributed by atoms with Gasteiger partial charge in [0.15, 0.2) is 0 Å². The van der Waals surface area contributed by atoms with Crippen molar-refractivity contribution in [3.05, 3.63) is 30.5 Å². The van der Waals surface area contributed by atoms with Crippen molar-refractivity contribution in [1.82, 2.24) is 4.98 Å². The van der Waals surface area contributed by atoms with Crippen molar-refractivity contribution in [3.8, 4) is 5.75 Å². The molecule has 1 aromatic heterocycles. The zero-order valence-corrected chi connectivity index (χ0v) is 12.3. The zero-order chi connectivity index (χ0) is 14.6. The normalized spacial score (nSPS) is 14.0. The van der Waals surface area contributed by atoms with E-state index in [0.717, 1.165) is 35.2 Å². The lowest BCUT2D eigenvalue weighted by Gasteiger charge is -2.23. The predicted octanol–water partition coefficient (Wildman–Crippen LogP) is 3.21. The van der Waals surface area contributed by atoms with Crippen LogP contribution >= 0.6 is 0 Å². The number of aromatic nitrogens is 1. The summed E-state index contributed by atoms with van der Waals surface area (Å²) in [5.41, 5.74) is -0.725. The fourth-order valence-corrected chi connectivity index (χ4v) is 2.32. The van der Waals surface area contributed by atoms with E-state index in [-0.39, 0.29) is 0 Å². The van der Waals surface area contributed by atoms with Crippen LogP contribution in [0.15, 0.2) is 30.5 Å². The SMILES string of the molecule is CCCC(C)(O)CNc1nccc2ccc(OC)cc12. The number of rotatable bonds is 6. The Bertz CT molecular complexity index is 582. The van der Waals surface area contributed by atoms with E-state index < -0.39 is 5.60 Å². The summed E-state index contributed by atoms with van der Waals surface area (Å²) < 4.78 is 5.26. The first-order valence-electron chi connectivity index (χ1n) is 6.95. The third kappa shape index (κ3) is 3.39. The van der Waals surface area contributed by atoms with E-state index in [0.29, 0.717) is 6.54 Å². The van der Waals surface area contributed by atoms with Crippen LogP contribution in [-0.4, -0.2) is 29.3 Å². The van der Waals surface area contributed by atoms with Gasteiger partial charge in [0.25, 0.3) is 0 Å². The highest BCUT2D eigenvalue weighted by molar-refractivity contribution is 5.92. The van der Waals surface area contributed by atoms with E-state index in [2.05, 4.69) is 17.2 Å². The summed E-state index contributed by atoms with van der Waals surface area (Å²) in [7, 11) is 1.65. The second kappa shape index (κ2) is 6.09. The number of nitrogens with zero attached hydrogens (tertiary/aromatic N) is 1. The number of pyridine rings is 1. The van der Waals surface area contributed by atoms with Crippen molar-refractivity contribution in [2.24, 2.45) is 0 Å². The average molecular weight is 274 g/mol. The highest BCUT2D eigenvalue weighted by atomic mass is 16.5. The van der Waals surface area contributed by atoms with Gasteiger partial charge in [0.05, 0.1) is 12.7 Å². The zero-order valence-electron chi connectivity index (χ0n) is 12.3. The number of methoxy groups -OCH3 is 1. The molecule has 0 amide bonds. The van der Waals surface area contributed by atoms with E-state index >= 15 is 0 Å². The molecule has 2 aromatic rings. The Balaban J connectivity index is 2.25. The minimum absolute atomic E-state index is 0.476. The number of hydrogen-bond donors (Lipinski definition) is 2. The molecule has 1 heterocycles. The Kier molecular flexibility index (Phi) is 4.45. The largest absolute Gasteiger partial charge is 0.497 e. The van der Waals surface area contributed by atoms with Crippen LogP contribution in [0.2, 0.25) is 0 Å². The van der Waals surface area contributed by atoms with Crippen LogP contribution in [0.5, 0.6) is 5.75 Å². The number of aliphatic hydroxyl groups is 1. The van der Waals surface area contributed by atoms with Gasteiger partial charge in [0, 0.05) is 18.1 Å². The van der Waals surface area contributed by atoms with E-state index in [9.17, 15) is 5.11 Å². The molecule has 4 nitrogen and oxygen atoms in total. The Morgan fingerprint density at radius 1 is 1.35 bits per heavy atom. The van der Waals surface area contributed by atoms with Crippen LogP contribution < -0.4 is 10.1 Å². The van der Waals surface area contributed by atoms with Crippen molar-refractivity contribution in [3.63, 3.8) is 0 Å². The molecule has 2 N–H and O–H groups in total. The quantitative estimate of drug-likeness (QED) is 0.849. The Morgan fingerprint density at radius 3 is 2.85 bits per heavy atom. The standard InChI is InChI=1S/C16H22N2O2/c1-4-8-16(2,19)11-18-15-14-10-13(20-3)6-5-12(14)7-9-17-15/h5-7,9-10,19H,4,8,11H2,1-3H3,(H,17,18). The molecule has 0 fully saturated rings. The fraction of sp³-hybridized carbons (Fsp3) is 0.438. The Labute approximate surface area is 119 Å². The smallest absolute Gasteiger partial charge is 0.134 e. The summed E-state index contributed by atoms with van der Waals surface area (Å²) in [5.74, 6) is 1.58. The average Bonchev–Trinajstić information content (AvgIpc) is 2.44. The van der Waals surface area contributed by atoms with Gasteiger partial charge < -0.3 is 15.2 Å². The molecule has 0 saturated carbocycles. The maximum atomic E-state index is 10.2. The van der Waals surface area contributed by atoms with E-state index in [4.69, 9.17) is 4.74 Å². The van der Waals surface area contributed by atoms with Crippen molar-refractivity contribution < 1.29 is 9.84 Å². The van der Waals surface area contributed by atoms with Gasteiger partial charge in [-0.15, -0.1) is 0 Å². The summed E-state index contributed by atoms with van der Waals surface area (Å²) in [5, 5.41) is 15.6. The molecule has 0 aliphatic carbocycles. The van der Waals surface area contributed by atoms with Gasteiger partial charge in [-0.25, -0.2) is 4.98 Å². The molecule has 0 bridgehead atoms. The molecule has 0 saturated heterocycles. The van der Waals surface area contributed by atoms with Gasteiger partial charge >= 0.3 is 0 Å². The molecule has 0 aliphatic rings. The molecule has 108 valence electrons. The van der Waals surface area contributed by atoms with Crippen molar-refractivity contribution >= 4 is 16.6 Å². The minimum Gasteiger partial charge on any atom is -0.497 e. The van der Waals surface area contributed by atoms with Gasteiger partial charge in [-0.1, -0.05) is 19.4 Å². The first-order valence-corrected chi connectivity index (χ1v) is 6.95. The van der Waals surface area contributed by atoms with Crippen molar-refractivity contribution in [1.29, 1.82) is 0 Å². The van der Waals surface area contributed by atoms with Crippen LogP contribution in [0, 0.1) is 0 Å². The highest BCUT2D eigenvalue weighted by Crippen LogP contribution is 2.26. The summed E-state index contributed by atoms with van der Waals surface area (Å²) in [6, 6.07) is 7.86. The number of fused-ring (bicyclic) bond motifs is 1. The molecule has 4 heteroatoms. The molecule has 1 unspecified atom stereocenters. The summed E-state index contributed by atoms with van der Waals surface area (Å²) in [4.78, 5) is 4.37. The number of nitrogens with one attached hydrogen (secondary N) is 1. The van der Waals surface area contributed by atoms with Crippen LogP contribution in [0.25, 0.3) is 10.8 Å². The third-order valence-corrected chi connectivity index (χ3v) is 3.40. The molecule has 0 radical (unpaired) electrons. The number of ether oxygens (including phenoxy) is 1. The summed E-state index contributed by atoms with van der Waals surface area (Å²) in [6.45, 7) is 4.38. The van der Waals surface area contributed by atoms with Gasteiger partial charge in [0.1, 0.15) is 11.6 Å². The highest BCUT2D eigenvalue weighted by Gasteiger charge is 2.19. The van der Waals surface area contributed by atoms with Gasteiger partial charge in [-0.05, 0) is 36.9 Å². The first-order chi connectivity index (χ1) is 9.55. The molecule has 0 spiro atoms. The molecule has 0 aliphatic heterocycles. The first kappa shape index (κ1) is 14.6. The lowest BCUT2D eigenvalue weighted by Crippen LogP contribution is -2.33. The topological polar surface area (TPSA) is 54.4 Å². The van der Waals surface area contributed by atoms with Gasteiger partial charge in [0.2, 0.25) is 0 Å². The van der Waals surface area contributed by atoms with E-state index in [1.165, 1.54) is 0 Å².